The molecule has 4 atom stereocenters. The Bertz CT molecular complexity index is 740. The molecule has 0 amide bonds. The van der Waals surface area contributed by atoms with Gasteiger partial charge in [-0.1, -0.05) is 75.1 Å². The molecule has 1 aliphatic rings. The Morgan fingerprint density at radius 3 is 2.26 bits per heavy atom. The van der Waals surface area contributed by atoms with Gasteiger partial charge in [0.05, 0.1) is 12.0 Å². The van der Waals surface area contributed by atoms with Crippen LogP contribution in [0.4, 0.5) is 0 Å². The lowest BCUT2D eigenvalue weighted by Gasteiger charge is -2.31. The Morgan fingerprint density at radius 1 is 1.03 bits per heavy atom. The van der Waals surface area contributed by atoms with E-state index in [4.69, 9.17) is 9.84 Å². The van der Waals surface area contributed by atoms with Gasteiger partial charge >= 0.3 is 5.97 Å². The fourth-order valence-corrected chi connectivity index (χ4v) is 4.60. The van der Waals surface area contributed by atoms with Crippen molar-refractivity contribution >= 4 is 5.97 Å². The number of allylic oxidation sites excluding steroid dienone is 6. The van der Waals surface area contributed by atoms with E-state index >= 15 is 0 Å². The van der Waals surface area contributed by atoms with Gasteiger partial charge in [0.25, 0.3) is 0 Å². The van der Waals surface area contributed by atoms with Gasteiger partial charge in [-0.15, -0.1) is 0 Å². The molecule has 0 aromatic heterocycles. The van der Waals surface area contributed by atoms with E-state index in [1.807, 2.05) is 0 Å². The molecule has 0 aromatic carbocycles. The van der Waals surface area contributed by atoms with Crippen molar-refractivity contribution in [1.29, 1.82) is 0 Å². The summed E-state index contributed by atoms with van der Waals surface area (Å²) < 4.78 is 6.31. The van der Waals surface area contributed by atoms with E-state index in [9.17, 15) is 4.79 Å². The SMILES string of the molecule is CCCCOC1C(CCC(C)CC/C=C(\C)CCC/C(C)=C/CCC(C)C(=O)O)=CC=C(C)C1C. The second kappa shape index (κ2) is 17.8. The summed E-state index contributed by atoms with van der Waals surface area (Å²) >= 11 is 0. The van der Waals surface area contributed by atoms with Crippen molar-refractivity contribution in [2.24, 2.45) is 17.8 Å². The summed E-state index contributed by atoms with van der Waals surface area (Å²) in [5.74, 6) is 0.257. The smallest absolute Gasteiger partial charge is 0.306 e. The van der Waals surface area contributed by atoms with Crippen molar-refractivity contribution in [2.45, 2.75) is 125 Å². The zero-order chi connectivity index (χ0) is 26.2. The van der Waals surface area contributed by atoms with Gasteiger partial charge in [0, 0.05) is 12.5 Å². The summed E-state index contributed by atoms with van der Waals surface area (Å²) in [4.78, 5) is 10.9. The first-order valence-electron chi connectivity index (χ1n) is 14.2. The van der Waals surface area contributed by atoms with Gasteiger partial charge in [0.15, 0.2) is 0 Å². The van der Waals surface area contributed by atoms with Gasteiger partial charge < -0.3 is 9.84 Å². The first-order chi connectivity index (χ1) is 16.6. The number of carbonyl (C=O) groups is 1. The van der Waals surface area contributed by atoms with Crippen molar-refractivity contribution < 1.29 is 14.6 Å². The first-order valence-corrected chi connectivity index (χ1v) is 14.2. The Kier molecular flexibility index (Phi) is 15.9. The van der Waals surface area contributed by atoms with Gasteiger partial charge in [-0.05, 0) is 96.5 Å². The number of carboxylic acids is 1. The molecule has 0 fully saturated rings. The Morgan fingerprint density at radius 2 is 1.66 bits per heavy atom. The highest BCUT2D eigenvalue weighted by molar-refractivity contribution is 5.69. The fourth-order valence-electron chi connectivity index (χ4n) is 4.60. The number of rotatable bonds is 18. The molecule has 3 nitrogen and oxygen atoms in total. The normalized spacial score (nSPS) is 20.9. The van der Waals surface area contributed by atoms with Crippen LogP contribution < -0.4 is 0 Å². The van der Waals surface area contributed by atoms with E-state index in [0.29, 0.717) is 5.92 Å². The Hall–Kier alpha value is -1.61. The largest absolute Gasteiger partial charge is 0.481 e. The summed E-state index contributed by atoms with van der Waals surface area (Å²) in [5.41, 5.74) is 5.80. The molecule has 0 aliphatic heterocycles. The van der Waals surface area contributed by atoms with E-state index in [0.717, 1.165) is 51.0 Å². The number of hydrogen-bond donors (Lipinski definition) is 1. The van der Waals surface area contributed by atoms with Crippen molar-refractivity contribution in [3.8, 4) is 0 Å². The maximum atomic E-state index is 10.9. The van der Waals surface area contributed by atoms with Gasteiger partial charge in [0.2, 0.25) is 0 Å². The molecule has 3 heteroatoms. The van der Waals surface area contributed by atoms with Crippen LogP contribution in [0.5, 0.6) is 0 Å². The molecule has 0 aromatic rings. The minimum absolute atomic E-state index is 0.254. The molecule has 1 N–H and O–H groups in total. The van der Waals surface area contributed by atoms with E-state index in [1.54, 1.807) is 6.92 Å². The predicted octanol–water partition coefficient (Wildman–Crippen LogP) is 9.45. The van der Waals surface area contributed by atoms with Crippen molar-refractivity contribution in [3.63, 3.8) is 0 Å². The summed E-state index contributed by atoms with van der Waals surface area (Å²) in [6.45, 7) is 16.2. The standard InChI is InChI=1S/C32H54O3/c1-8-9-23-35-31-29(7)27(5)20-22-30(31)21-19-26(4)16-11-15-24(2)13-10-14-25(3)17-12-18-28(6)32(33)34/h15,17,20,22,26,28-29,31H,8-14,16,18-19,21,23H2,1-7H3,(H,33,34)/b24-15+,25-17+. The first kappa shape index (κ1) is 31.4. The van der Waals surface area contributed by atoms with Crippen LogP contribution in [0.15, 0.2) is 46.6 Å². The van der Waals surface area contributed by atoms with Gasteiger partial charge in [-0.25, -0.2) is 0 Å². The number of aliphatic carboxylic acids is 1. The molecule has 4 unspecified atom stereocenters. The van der Waals surface area contributed by atoms with Crippen molar-refractivity contribution in [3.05, 3.63) is 46.6 Å². The quantitative estimate of drug-likeness (QED) is 0.155. The van der Waals surface area contributed by atoms with E-state index in [2.05, 4.69) is 65.8 Å². The van der Waals surface area contributed by atoms with Crippen molar-refractivity contribution in [2.75, 3.05) is 6.61 Å². The summed E-state index contributed by atoms with van der Waals surface area (Å²) in [5, 5.41) is 8.97. The second-order valence-electron chi connectivity index (χ2n) is 11.1. The van der Waals surface area contributed by atoms with Crippen molar-refractivity contribution in [1.82, 2.24) is 0 Å². The predicted molar refractivity (Wildman–Crippen MR) is 151 cm³/mol. The second-order valence-corrected chi connectivity index (χ2v) is 11.1. The Balaban J connectivity index is 2.32. The number of carboxylic acid groups (broad SMARTS) is 1. The minimum atomic E-state index is -0.695. The lowest BCUT2D eigenvalue weighted by Crippen LogP contribution is -2.28. The number of ether oxygens (including phenoxy) is 1. The maximum absolute atomic E-state index is 10.9. The van der Waals surface area contributed by atoms with Gasteiger partial charge in [-0.2, -0.15) is 0 Å². The molecular weight excluding hydrogens is 432 g/mol. The molecule has 0 bridgehead atoms. The van der Waals surface area contributed by atoms with Crippen LogP contribution in [-0.4, -0.2) is 23.8 Å². The molecule has 200 valence electrons. The van der Waals surface area contributed by atoms with Crippen LogP contribution in [0.25, 0.3) is 0 Å². The molecule has 0 spiro atoms. The third kappa shape index (κ3) is 13.3. The fraction of sp³-hybridized carbons (Fsp3) is 0.719. The van der Waals surface area contributed by atoms with Gasteiger partial charge in [-0.3, -0.25) is 4.79 Å². The van der Waals surface area contributed by atoms with E-state index in [1.165, 1.54) is 54.4 Å². The van der Waals surface area contributed by atoms with Crippen LogP contribution in [0, 0.1) is 17.8 Å². The molecular formula is C32H54O3. The highest BCUT2D eigenvalue weighted by atomic mass is 16.5. The molecule has 0 saturated heterocycles. The third-order valence-corrected chi connectivity index (χ3v) is 7.63. The van der Waals surface area contributed by atoms with E-state index in [-0.39, 0.29) is 12.0 Å². The molecule has 0 radical (unpaired) electrons. The molecule has 0 saturated carbocycles. The average molecular weight is 487 g/mol. The lowest BCUT2D eigenvalue weighted by molar-refractivity contribution is -0.141. The number of unbranched alkanes of at least 4 members (excludes halogenated alkanes) is 1. The van der Waals surface area contributed by atoms with Gasteiger partial charge in [0.1, 0.15) is 0 Å². The Labute approximate surface area is 216 Å². The number of hydrogen-bond acceptors (Lipinski definition) is 2. The molecule has 1 rings (SSSR count). The maximum Gasteiger partial charge on any atom is 0.306 e. The molecule has 1 aliphatic carbocycles. The van der Waals surface area contributed by atoms with Crippen LogP contribution >= 0.6 is 0 Å². The third-order valence-electron chi connectivity index (χ3n) is 7.63. The summed E-state index contributed by atoms with van der Waals surface area (Å²) in [6.07, 6.45) is 21.7. The van der Waals surface area contributed by atoms with Crippen LogP contribution in [0.3, 0.4) is 0 Å². The minimum Gasteiger partial charge on any atom is -0.481 e. The highest BCUT2D eigenvalue weighted by Gasteiger charge is 2.26. The molecule has 0 heterocycles. The highest BCUT2D eigenvalue weighted by Crippen LogP contribution is 2.32. The average Bonchev–Trinajstić information content (AvgIpc) is 2.81. The summed E-state index contributed by atoms with van der Waals surface area (Å²) in [6, 6.07) is 0. The zero-order valence-electron chi connectivity index (χ0n) is 23.9. The monoisotopic (exact) mass is 486 g/mol. The van der Waals surface area contributed by atoms with Crippen LogP contribution in [0.1, 0.15) is 119 Å². The summed E-state index contributed by atoms with van der Waals surface area (Å²) in [7, 11) is 0. The molecule has 35 heavy (non-hydrogen) atoms. The zero-order valence-corrected chi connectivity index (χ0v) is 23.9. The van der Waals surface area contributed by atoms with Crippen LogP contribution in [-0.2, 0) is 9.53 Å². The van der Waals surface area contributed by atoms with Crippen LogP contribution in [0.2, 0.25) is 0 Å². The topological polar surface area (TPSA) is 46.5 Å². The lowest BCUT2D eigenvalue weighted by atomic mass is 9.83. The van der Waals surface area contributed by atoms with E-state index < -0.39 is 5.97 Å².